The van der Waals surface area contributed by atoms with Crippen LogP contribution in [0.4, 0.5) is 0 Å². The smallest absolute Gasteiger partial charge is 0.333 e. The van der Waals surface area contributed by atoms with E-state index in [1.165, 1.54) is 77.0 Å². The van der Waals surface area contributed by atoms with Gasteiger partial charge in [-0.05, 0) is 38.5 Å². The third kappa shape index (κ3) is 10.6. The molecule has 2 nitrogen and oxygen atoms in total. The number of rotatable bonds is 13. The number of unbranched alkanes of at least 4 members (excludes halogenated alkanes) is 9. The van der Waals surface area contributed by atoms with Crippen LogP contribution in [0.25, 0.3) is 0 Å². The van der Waals surface area contributed by atoms with Crippen molar-refractivity contribution in [2.75, 3.05) is 0 Å². The first-order valence-electron chi connectivity index (χ1n) is 10.1. The van der Waals surface area contributed by atoms with Crippen molar-refractivity contribution in [3.63, 3.8) is 0 Å². The summed E-state index contributed by atoms with van der Waals surface area (Å²) in [5.41, 5.74) is 0.676. The van der Waals surface area contributed by atoms with Gasteiger partial charge in [-0.15, -0.1) is 0 Å². The Balaban J connectivity index is 1.91. The first-order chi connectivity index (χ1) is 11.2. The second-order valence-electron chi connectivity index (χ2n) is 7.20. The van der Waals surface area contributed by atoms with E-state index in [0.717, 1.165) is 25.7 Å². The zero-order valence-corrected chi connectivity index (χ0v) is 15.4. The van der Waals surface area contributed by atoms with E-state index in [-0.39, 0.29) is 12.1 Å². The van der Waals surface area contributed by atoms with Crippen LogP contribution in [0.15, 0.2) is 12.2 Å². The van der Waals surface area contributed by atoms with Crippen LogP contribution in [0.1, 0.15) is 110 Å². The van der Waals surface area contributed by atoms with Crippen LogP contribution >= 0.6 is 0 Å². The Morgan fingerprint density at radius 3 is 1.96 bits per heavy atom. The molecule has 0 bridgehead atoms. The average molecular weight is 323 g/mol. The van der Waals surface area contributed by atoms with E-state index in [9.17, 15) is 4.79 Å². The molecule has 0 aromatic carbocycles. The molecule has 1 fully saturated rings. The normalized spacial score (nSPS) is 15.5. The highest BCUT2D eigenvalue weighted by molar-refractivity contribution is 5.87. The molecule has 0 saturated heterocycles. The lowest BCUT2D eigenvalue weighted by molar-refractivity contribution is -0.145. The third-order valence-electron chi connectivity index (χ3n) is 4.95. The minimum absolute atomic E-state index is 0.146. The lowest BCUT2D eigenvalue weighted by atomic mass is 9.97. The SMILES string of the molecule is C=C(CCCCCCCCCCCC)C(=O)OC1CCCCC1. The minimum Gasteiger partial charge on any atom is -0.459 e. The number of carbonyl (C=O) groups is 1. The highest BCUT2D eigenvalue weighted by Crippen LogP contribution is 2.22. The van der Waals surface area contributed by atoms with Gasteiger partial charge >= 0.3 is 5.97 Å². The van der Waals surface area contributed by atoms with E-state index < -0.39 is 0 Å². The van der Waals surface area contributed by atoms with E-state index in [4.69, 9.17) is 4.74 Å². The summed E-state index contributed by atoms with van der Waals surface area (Å²) < 4.78 is 5.56. The van der Waals surface area contributed by atoms with Gasteiger partial charge in [0.15, 0.2) is 0 Å². The van der Waals surface area contributed by atoms with Crippen LogP contribution in [0.3, 0.4) is 0 Å². The number of ether oxygens (including phenoxy) is 1. The lowest BCUT2D eigenvalue weighted by Gasteiger charge is -2.22. The zero-order valence-electron chi connectivity index (χ0n) is 15.4. The quantitative estimate of drug-likeness (QED) is 0.213. The molecule has 1 saturated carbocycles. The fourth-order valence-corrected chi connectivity index (χ4v) is 3.35. The summed E-state index contributed by atoms with van der Waals surface area (Å²) in [5, 5.41) is 0. The molecule has 23 heavy (non-hydrogen) atoms. The number of esters is 1. The fraction of sp³-hybridized carbons (Fsp3) is 0.857. The molecular weight excluding hydrogens is 284 g/mol. The van der Waals surface area contributed by atoms with Crippen molar-refractivity contribution >= 4 is 5.97 Å². The van der Waals surface area contributed by atoms with Crippen molar-refractivity contribution in [3.8, 4) is 0 Å². The van der Waals surface area contributed by atoms with Crippen molar-refractivity contribution in [2.24, 2.45) is 0 Å². The summed E-state index contributed by atoms with van der Waals surface area (Å²) in [4.78, 5) is 12.0. The van der Waals surface area contributed by atoms with Crippen LogP contribution in [0.5, 0.6) is 0 Å². The predicted molar refractivity (Wildman–Crippen MR) is 98.6 cm³/mol. The lowest BCUT2D eigenvalue weighted by Crippen LogP contribution is -2.21. The molecule has 1 aliphatic rings. The monoisotopic (exact) mass is 322 g/mol. The van der Waals surface area contributed by atoms with Gasteiger partial charge in [0, 0.05) is 5.57 Å². The molecule has 2 heteroatoms. The Morgan fingerprint density at radius 1 is 0.870 bits per heavy atom. The minimum atomic E-state index is -0.146. The maximum atomic E-state index is 12.0. The largest absolute Gasteiger partial charge is 0.459 e. The van der Waals surface area contributed by atoms with Gasteiger partial charge in [-0.3, -0.25) is 0 Å². The molecule has 0 unspecified atom stereocenters. The summed E-state index contributed by atoms with van der Waals surface area (Å²) in [6.07, 6.45) is 19.9. The van der Waals surface area contributed by atoms with Crippen molar-refractivity contribution in [1.29, 1.82) is 0 Å². The molecule has 0 atom stereocenters. The first-order valence-corrected chi connectivity index (χ1v) is 10.1. The van der Waals surface area contributed by atoms with Crippen molar-refractivity contribution < 1.29 is 9.53 Å². The molecule has 0 aromatic heterocycles. The molecule has 1 rings (SSSR count). The number of hydrogen-bond donors (Lipinski definition) is 0. The van der Waals surface area contributed by atoms with Crippen LogP contribution in [-0.4, -0.2) is 12.1 Å². The van der Waals surface area contributed by atoms with Gasteiger partial charge in [0.05, 0.1) is 0 Å². The van der Waals surface area contributed by atoms with Crippen LogP contribution in [0.2, 0.25) is 0 Å². The van der Waals surface area contributed by atoms with Gasteiger partial charge in [-0.2, -0.15) is 0 Å². The van der Waals surface area contributed by atoms with Crippen molar-refractivity contribution in [1.82, 2.24) is 0 Å². The molecule has 0 aliphatic heterocycles. The fourth-order valence-electron chi connectivity index (χ4n) is 3.35. The van der Waals surface area contributed by atoms with E-state index in [1.807, 2.05) is 0 Å². The average Bonchev–Trinajstić information content (AvgIpc) is 2.57. The summed E-state index contributed by atoms with van der Waals surface area (Å²) >= 11 is 0. The Bertz CT molecular complexity index is 316. The van der Waals surface area contributed by atoms with Gasteiger partial charge in [0.25, 0.3) is 0 Å². The first kappa shape index (κ1) is 20.3. The molecule has 0 heterocycles. The highest BCUT2D eigenvalue weighted by atomic mass is 16.5. The standard InChI is InChI=1S/C21H38O2/c1-3-4-5-6-7-8-9-10-11-13-16-19(2)21(22)23-20-17-14-12-15-18-20/h20H,2-18H2,1H3. The molecule has 0 radical (unpaired) electrons. The van der Waals surface area contributed by atoms with Crippen LogP contribution in [0, 0.1) is 0 Å². The molecule has 0 aromatic rings. The van der Waals surface area contributed by atoms with E-state index >= 15 is 0 Å². The van der Waals surface area contributed by atoms with Gasteiger partial charge in [-0.25, -0.2) is 4.79 Å². The van der Waals surface area contributed by atoms with E-state index in [0.29, 0.717) is 5.57 Å². The number of carbonyl (C=O) groups excluding carboxylic acids is 1. The Labute approximate surface area is 144 Å². The second-order valence-corrected chi connectivity index (χ2v) is 7.20. The van der Waals surface area contributed by atoms with E-state index in [2.05, 4.69) is 13.5 Å². The van der Waals surface area contributed by atoms with Gasteiger partial charge < -0.3 is 4.74 Å². The van der Waals surface area contributed by atoms with Crippen molar-refractivity contribution in [3.05, 3.63) is 12.2 Å². The van der Waals surface area contributed by atoms with Gasteiger partial charge in [0.2, 0.25) is 0 Å². The summed E-state index contributed by atoms with van der Waals surface area (Å²) in [6.45, 7) is 6.18. The van der Waals surface area contributed by atoms with Crippen molar-refractivity contribution in [2.45, 2.75) is 116 Å². The molecule has 0 amide bonds. The maximum Gasteiger partial charge on any atom is 0.333 e. The van der Waals surface area contributed by atoms with Crippen LogP contribution in [-0.2, 0) is 9.53 Å². The molecule has 0 spiro atoms. The molecular formula is C21H38O2. The molecule has 134 valence electrons. The summed E-state index contributed by atoms with van der Waals surface area (Å²) in [6, 6.07) is 0. The topological polar surface area (TPSA) is 26.3 Å². The Morgan fingerprint density at radius 2 is 1.39 bits per heavy atom. The summed E-state index contributed by atoms with van der Waals surface area (Å²) in [7, 11) is 0. The molecule has 1 aliphatic carbocycles. The van der Waals surface area contributed by atoms with Gasteiger partial charge in [0.1, 0.15) is 6.10 Å². The van der Waals surface area contributed by atoms with Crippen LogP contribution < -0.4 is 0 Å². The zero-order chi connectivity index (χ0) is 16.8. The highest BCUT2D eigenvalue weighted by Gasteiger charge is 2.18. The Hall–Kier alpha value is -0.790. The summed E-state index contributed by atoms with van der Waals surface area (Å²) in [5.74, 6) is -0.146. The maximum absolute atomic E-state index is 12.0. The van der Waals surface area contributed by atoms with Gasteiger partial charge in [-0.1, -0.05) is 77.7 Å². The number of hydrogen-bond acceptors (Lipinski definition) is 2. The predicted octanol–water partition coefficient (Wildman–Crippen LogP) is 6.73. The molecule has 0 N–H and O–H groups in total. The van der Waals surface area contributed by atoms with E-state index in [1.54, 1.807) is 0 Å². The second kappa shape index (κ2) is 13.6. The Kier molecular flexibility index (Phi) is 12.0. The third-order valence-corrected chi connectivity index (χ3v) is 4.95.